The van der Waals surface area contributed by atoms with E-state index in [1.165, 1.54) is 6.92 Å². The van der Waals surface area contributed by atoms with Crippen molar-refractivity contribution >= 4 is 29.0 Å². The molecule has 2 rings (SSSR count). The van der Waals surface area contributed by atoms with Gasteiger partial charge < -0.3 is 10.6 Å². The molecule has 0 aliphatic rings. The van der Waals surface area contributed by atoms with Gasteiger partial charge in [-0.25, -0.2) is 0 Å². The second-order valence-electron chi connectivity index (χ2n) is 6.55. The highest BCUT2D eigenvalue weighted by molar-refractivity contribution is 5.96. The number of anilines is 2. The molecule has 1 aromatic heterocycles. The Kier molecular flexibility index (Phi) is 6.50. The lowest BCUT2D eigenvalue weighted by Crippen LogP contribution is -2.16. The van der Waals surface area contributed by atoms with Crippen molar-refractivity contribution in [1.82, 2.24) is 9.78 Å². The van der Waals surface area contributed by atoms with Crippen molar-refractivity contribution in [3.05, 3.63) is 40.7 Å². The zero-order valence-corrected chi connectivity index (χ0v) is 16.5. The summed E-state index contributed by atoms with van der Waals surface area (Å²) in [5.74, 6) is -0.215. The third kappa shape index (κ3) is 5.03. The van der Waals surface area contributed by atoms with Gasteiger partial charge in [0.05, 0.1) is 11.3 Å². The number of ketones is 1. The molecule has 0 saturated carbocycles. The number of carbonyl (C=O) groups is 3. The van der Waals surface area contributed by atoms with Gasteiger partial charge in [0, 0.05) is 36.5 Å². The Labute approximate surface area is 159 Å². The van der Waals surface area contributed by atoms with Gasteiger partial charge in [0.1, 0.15) is 0 Å². The first-order chi connectivity index (χ1) is 12.7. The number of rotatable bonds is 7. The first-order valence-electron chi connectivity index (χ1n) is 8.98. The summed E-state index contributed by atoms with van der Waals surface area (Å²) in [6.07, 6.45) is 0.655. The van der Waals surface area contributed by atoms with Gasteiger partial charge in [-0.3, -0.25) is 19.1 Å². The largest absolute Gasteiger partial charge is 0.326 e. The molecular formula is C20H26N4O3. The summed E-state index contributed by atoms with van der Waals surface area (Å²) in [6.45, 7) is 9.21. The summed E-state index contributed by atoms with van der Waals surface area (Å²) in [4.78, 5) is 35.4. The van der Waals surface area contributed by atoms with Gasteiger partial charge in [-0.1, -0.05) is 6.92 Å². The fourth-order valence-corrected chi connectivity index (χ4v) is 2.98. The van der Waals surface area contributed by atoms with E-state index in [1.54, 1.807) is 30.7 Å². The maximum atomic E-state index is 12.3. The van der Waals surface area contributed by atoms with Gasteiger partial charge in [0.2, 0.25) is 11.8 Å². The molecule has 0 spiro atoms. The van der Waals surface area contributed by atoms with Crippen LogP contribution in [-0.4, -0.2) is 27.4 Å². The zero-order valence-electron chi connectivity index (χ0n) is 16.5. The summed E-state index contributed by atoms with van der Waals surface area (Å²) >= 11 is 0. The van der Waals surface area contributed by atoms with E-state index < -0.39 is 0 Å². The van der Waals surface area contributed by atoms with Crippen LogP contribution in [0.4, 0.5) is 11.4 Å². The maximum Gasteiger partial charge on any atom is 0.226 e. The molecule has 144 valence electrons. The van der Waals surface area contributed by atoms with E-state index in [-0.39, 0.29) is 24.0 Å². The minimum Gasteiger partial charge on any atom is -0.326 e. The minimum atomic E-state index is -0.139. The van der Waals surface area contributed by atoms with E-state index in [9.17, 15) is 14.4 Å². The topological polar surface area (TPSA) is 93.1 Å². The number of aromatic nitrogens is 2. The van der Waals surface area contributed by atoms with Crippen LogP contribution in [0.3, 0.4) is 0 Å². The number of aryl methyl sites for hydroxylation is 3. The maximum absolute atomic E-state index is 12.3. The normalized spacial score (nSPS) is 10.6. The summed E-state index contributed by atoms with van der Waals surface area (Å²) in [7, 11) is 0. The van der Waals surface area contributed by atoms with Gasteiger partial charge in [0.15, 0.2) is 5.78 Å². The molecule has 0 bridgehead atoms. The number of nitrogens with one attached hydrogen (secondary N) is 2. The number of hydrogen-bond donors (Lipinski definition) is 2. The van der Waals surface area contributed by atoms with E-state index >= 15 is 0 Å². The SMILES string of the molecule is CCC(=O)Nc1ccc(NC(=O)CCn2nc(C)c(C(C)=O)c2C)c(C)c1. The van der Waals surface area contributed by atoms with Crippen molar-refractivity contribution in [2.24, 2.45) is 0 Å². The minimum absolute atomic E-state index is 0.0217. The number of carbonyl (C=O) groups excluding carboxylic acids is 3. The quantitative estimate of drug-likeness (QED) is 0.731. The zero-order chi connectivity index (χ0) is 20.1. The van der Waals surface area contributed by atoms with Crippen LogP contribution in [0.25, 0.3) is 0 Å². The van der Waals surface area contributed by atoms with Crippen LogP contribution in [-0.2, 0) is 16.1 Å². The Morgan fingerprint density at radius 1 is 1.07 bits per heavy atom. The lowest BCUT2D eigenvalue weighted by Gasteiger charge is -2.11. The highest BCUT2D eigenvalue weighted by Crippen LogP contribution is 2.20. The van der Waals surface area contributed by atoms with Crippen LogP contribution in [0.15, 0.2) is 18.2 Å². The van der Waals surface area contributed by atoms with Gasteiger partial charge in [-0.2, -0.15) is 5.10 Å². The van der Waals surface area contributed by atoms with Crippen LogP contribution >= 0.6 is 0 Å². The van der Waals surface area contributed by atoms with E-state index in [4.69, 9.17) is 0 Å². The molecule has 7 heteroatoms. The molecular weight excluding hydrogens is 344 g/mol. The Morgan fingerprint density at radius 2 is 1.78 bits per heavy atom. The van der Waals surface area contributed by atoms with Crippen LogP contribution in [0, 0.1) is 20.8 Å². The lowest BCUT2D eigenvalue weighted by atomic mass is 10.1. The summed E-state index contributed by atoms with van der Waals surface area (Å²) in [6, 6.07) is 5.36. The number of hydrogen-bond acceptors (Lipinski definition) is 4. The Bertz CT molecular complexity index is 884. The second-order valence-corrected chi connectivity index (χ2v) is 6.55. The molecule has 2 N–H and O–H groups in total. The van der Waals surface area contributed by atoms with Crippen LogP contribution in [0.5, 0.6) is 0 Å². The van der Waals surface area contributed by atoms with Gasteiger partial charge in [-0.05, 0) is 51.5 Å². The third-order valence-electron chi connectivity index (χ3n) is 4.39. The van der Waals surface area contributed by atoms with Crippen molar-refractivity contribution < 1.29 is 14.4 Å². The predicted octanol–water partition coefficient (Wildman–Crippen LogP) is 3.39. The smallest absolute Gasteiger partial charge is 0.226 e. The first kappa shape index (κ1) is 20.4. The molecule has 0 atom stereocenters. The molecule has 2 amide bonds. The monoisotopic (exact) mass is 370 g/mol. The Morgan fingerprint density at radius 3 is 2.33 bits per heavy atom. The average Bonchev–Trinajstić information content (AvgIpc) is 2.89. The number of nitrogens with zero attached hydrogens (tertiary/aromatic N) is 2. The fourth-order valence-electron chi connectivity index (χ4n) is 2.98. The molecule has 1 aromatic carbocycles. The third-order valence-corrected chi connectivity index (χ3v) is 4.39. The number of amides is 2. The standard InChI is InChI=1S/C20H26N4O3/c1-6-18(26)21-16-7-8-17(12(2)11-16)22-19(27)9-10-24-14(4)20(15(5)25)13(3)23-24/h7-8,11H,6,9-10H2,1-5H3,(H,21,26)(H,22,27). The molecule has 0 unspecified atom stereocenters. The highest BCUT2D eigenvalue weighted by atomic mass is 16.2. The van der Waals surface area contributed by atoms with Crippen molar-refractivity contribution in [3.8, 4) is 0 Å². The molecule has 0 aliphatic heterocycles. The average molecular weight is 370 g/mol. The molecule has 0 saturated heterocycles. The van der Waals surface area contributed by atoms with Crippen LogP contribution in [0.2, 0.25) is 0 Å². The first-order valence-corrected chi connectivity index (χ1v) is 8.98. The second kappa shape index (κ2) is 8.62. The van der Waals surface area contributed by atoms with Crippen molar-refractivity contribution in [1.29, 1.82) is 0 Å². The van der Waals surface area contributed by atoms with E-state index in [0.717, 1.165) is 11.3 Å². The molecule has 7 nitrogen and oxygen atoms in total. The van der Waals surface area contributed by atoms with E-state index in [1.807, 2.05) is 19.9 Å². The number of Topliss-reactive ketones (excluding diaryl/α,β-unsaturated/α-hetero) is 1. The van der Waals surface area contributed by atoms with Gasteiger partial charge >= 0.3 is 0 Å². The summed E-state index contributed by atoms with van der Waals surface area (Å²) in [5, 5.41) is 10.0. The van der Waals surface area contributed by atoms with Gasteiger partial charge in [0.25, 0.3) is 0 Å². The van der Waals surface area contributed by atoms with Crippen molar-refractivity contribution in [2.75, 3.05) is 10.6 Å². The van der Waals surface area contributed by atoms with E-state index in [2.05, 4.69) is 15.7 Å². The summed E-state index contributed by atoms with van der Waals surface area (Å²) < 4.78 is 1.70. The van der Waals surface area contributed by atoms with Gasteiger partial charge in [-0.15, -0.1) is 0 Å². The Hall–Kier alpha value is -2.96. The number of benzene rings is 1. The van der Waals surface area contributed by atoms with Crippen molar-refractivity contribution in [3.63, 3.8) is 0 Å². The Balaban J connectivity index is 1.99. The molecule has 2 aromatic rings. The van der Waals surface area contributed by atoms with Crippen molar-refractivity contribution in [2.45, 2.75) is 54.0 Å². The van der Waals surface area contributed by atoms with Crippen LogP contribution in [0.1, 0.15) is 54.0 Å². The highest BCUT2D eigenvalue weighted by Gasteiger charge is 2.16. The predicted molar refractivity (Wildman–Crippen MR) is 105 cm³/mol. The lowest BCUT2D eigenvalue weighted by molar-refractivity contribution is -0.117. The molecule has 0 fully saturated rings. The molecule has 1 heterocycles. The molecule has 0 aliphatic carbocycles. The van der Waals surface area contributed by atoms with E-state index in [0.29, 0.717) is 35.6 Å². The molecule has 0 radical (unpaired) electrons. The molecule has 27 heavy (non-hydrogen) atoms. The fraction of sp³-hybridized carbons (Fsp3) is 0.400. The summed E-state index contributed by atoms with van der Waals surface area (Å²) in [5.41, 5.74) is 4.35. The van der Waals surface area contributed by atoms with Crippen LogP contribution < -0.4 is 10.6 Å².